The maximum atomic E-state index is 12.1. The number of carbonyl (C=O) groups excluding carboxylic acids is 2. The summed E-state index contributed by atoms with van der Waals surface area (Å²) in [4.78, 5) is 23.3. The molecule has 2 nitrogen and oxygen atoms in total. The van der Waals surface area contributed by atoms with Crippen LogP contribution < -0.4 is 0 Å². The van der Waals surface area contributed by atoms with E-state index in [9.17, 15) is 9.59 Å². The van der Waals surface area contributed by atoms with Gasteiger partial charge in [-0.15, -0.1) is 0 Å². The zero-order valence-corrected chi connectivity index (χ0v) is 18.7. The van der Waals surface area contributed by atoms with Gasteiger partial charge in [-0.05, 0) is 84.0 Å². The highest BCUT2D eigenvalue weighted by atomic mass is 16.1. The molecule has 0 N–H and O–H groups in total. The molecular formula is C28H34O2. The Balaban J connectivity index is 1.68. The Kier molecular flexibility index (Phi) is 4.69. The molecular weight excluding hydrogens is 368 g/mol. The third-order valence-electron chi connectivity index (χ3n) is 9.77. The van der Waals surface area contributed by atoms with E-state index in [-0.39, 0.29) is 0 Å². The average Bonchev–Trinajstić information content (AvgIpc) is 3.04. The number of hydrogen-bond donors (Lipinski definition) is 0. The molecule has 0 heterocycles. The molecule has 0 bridgehead atoms. The van der Waals surface area contributed by atoms with Crippen molar-refractivity contribution in [3.63, 3.8) is 0 Å². The van der Waals surface area contributed by atoms with E-state index in [4.69, 9.17) is 0 Å². The summed E-state index contributed by atoms with van der Waals surface area (Å²) >= 11 is 0. The molecule has 0 aromatic heterocycles. The second-order valence-electron chi connectivity index (χ2n) is 10.7. The number of ketones is 1. The molecule has 0 amide bonds. The smallest absolute Gasteiger partial charge is 0.156 e. The Morgan fingerprint density at radius 2 is 1.83 bits per heavy atom. The van der Waals surface area contributed by atoms with Crippen LogP contribution in [-0.2, 0) is 4.79 Å². The van der Waals surface area contributed by atoms with Gasteiger partial charge in [-0.25, -0.2) is 0 Å². The van der Waals surface area contributed by atoms with Crippen LogP contribution in [0.25, 0.3) is 0 Å². The molecule has 5 atom stereocenters. The highest BCUT2D eigenvalue weighted by Crippen LogP contribution is 2.70. The molecule has 0 unspecified atom stereocenters. The first-order valence-corrected chi connectivity index (χ1v) is 11.9. The number of carbonyl (C=O) groups is 2. The van der Waals surface area contributed by atoms with E-state index in [1.54, 1.807) is 5.57 Å². The molecule has 0 aliphatic heterocycles. The molecule has 0 saturated heterocycles. The summed E-state index contributed by atoms with van der Waals surface area (Å²) in [5, 5.41) is 0. The lowest BCUT2D eigenvalue weighted by molar-refractivity contribution is -0.114. The lowest BCUT2D eigenvalue weighted by atomic mass is 9.49. The molecule has 4 aliphatic carbocycles. The van der Waals surface area contributed by atoms with Crippen LogP contribution in [0.4, 0.5) is 0 Å². The predicted molar refractivity (Wildman–Crippen MR) is 120 cm³/mol. The van der Waals surface area contributed by atoms with E-state index in [1.165, 1.54) is 48.8 Å². The number of hydrogen-bond acceptors (Lipinski definition) is 2. The third kappa shape index (κ3) is 2.75. The molecule has 0 radical (unpaired) electrons. The first kappa shape index (κ1) is 20.0. The quantitative estimate of drug-likeness (QED) is 0.520. The van der Waals surface area contributed by atoms with Gasteiger partial charge in [0, 0.05) is 17.9 Å². The van der Waals surface area contributed by atoms with E-state index in [0.717, 1.165) is 30.6 Å². The van der Waals surface area contributed by atoms with Crippen molar-refractivity contribution >= 4 is 12.1 Å². The van der Waals surface area contributed by atoms with Gasteiger partial charge in [0.05, 0.1) is 0 Å². The minimum Gasteiger partial charge on any atom is -0.298 e. The summed E-state index contributed by atoms with van der Waals surface area (Å²) in [7, 11) is 0. The first-order valence-electron chi connectivity index (χ1n) is 11.9. The number of rotatable bonds is 3. The van der Waals surface area contributed by atoms with Crippen molar-refractivity contribution < 1.29 is 9.59 Å². The molecule has 2 heteroatoms. The highest BCUT2D eigenvalue weighted by Gasteiger charge is 2.60. The van der Waals surface area contributed by atoms with Crippen molar-refractivity contribution in [3.05, 3.63) is 58.2 Å². The monoisotopic (exact) mass is 402 g/mol. The summed E-state index contributed by atoms with van der Waals surface area (Å²) in [5.41, 5.74) is 7.34. The van der Waals surface area contributed by atoms with E-state index >= 15 is 0 Å². The summed E-state index contributed by atoms with van der Waals surface area (Å²) in [6, 6.07) is 8.34. The maximum absolute atomic E-state index is 12.1. The van der Waals surface area contributed by atoms with Gasteiger partial charge in [0.25, 0.3) is 0 Å². The van der Waals surface area contributed by atoms with Crippen LogP contribution in [0.2, 0.25) is 0 Å². The number of benzene rings is 1. The van der Waals surface area contributed by atoms with Crippen molar-refractivity contribution in [3.8, 4) is 0 Å². The van der Waals surface area contributed by atoms with E-state index in [2.05, 4.69) is 32.9 Å². The Labute approximate surface area is 180 Å². The van der Waals surface area contributed by atoms with Crippen molar-refractivity contribution in [1.82, 2.24) is 0 Å². The van der Waals surface area contributed by atoms with Crippen LogP contribution in [0.3, 0.4) is 0 Å². The van der Waals surface area contributed by atoms with Gasteiger partial charge in [0.15, 0.2) is 5.78 Å². The molecule has 1 aromatic rings. The van der Waals surface area contributed by atoms with Crippen molar-refractivity contribution in [2.24, 2.45) is 22.7 Å². The van der Waals surface area contributed by atoms with E-state index < -0.39 is 0 Å². The average molecular weight is 403 g/mol. The largest absolute Gasteiger partial charge is 0.298 e. The number of allylic oxidation sites excluding steroid dienone is 4. The van der Waals surface area contributed by atoms with Crippen molar-refractivity contribution in [2.75, 3.05) is 0 Å². The molecule has 0 spiro atoms. The summed E-state index contributed by atoms with van der Waals surface area (Å²) in [5.74, 6) is 2.12. The second-order valence-corrected chi connectivity index (χ2v) is 10.7. The molecule has 158 valence electrons. The lowest BCUT2D eigenvalue weighted by Crippen LogP contribution is -2.46. The topological polar surface area (TPSA) is 34.1 Å². The van der Waals surface area contributed by atoms with Gasteiger partial charge >= 0.3 is 0 Å². The van der Waals surface area contributed by atoms with Crippen LogP contribution in [0.1, 0.15) is 94.0 Å². The zero-order chi connectivity index (χ0) is 21.1. The van der Waals surface area contributed by atoms with E-state index in [0.29, 0.717) is 34.9 Å². The normalized spacial score (nSPS) is 37.9. The molecule has 30 heavy (non-hydrogen) atoms. The van der Waals surface area contributed by atoms with Gasteiger partial charge in [0.2, 0.25) is 0 Å². The summed E-state index contributed by atoms with van der Waals surface area (Å²) in [6.07, 6.45) is 11.9. The van der Waals surface area contributed by atoms with E-state index in [1.807, 2.05) is 18.2 Å². The van der Waals surface area contributed by atoms with Gasteiger partial charge < -0.3 is 0 Å². The summed E-state index contributed by atoms with van der Waals surface area (Å²) in [6.45, 7) is 7.49. The van der Waals surface area contributed by atoms with Crippen LogP contribution in [0.15, 0.2) is 47.1 Å². The maximum Gasteiger partial charge on any atom is 0.156 e. The fourth-order valence-corrected chi connectivity index (χ4v) is 7.68. The molecule has 4 aliphatic rings. The van der Waals surface area contributed by atoms with Gasteiger partial charge in [-0.1, -0.05) is 57.0 Å². The van der Waals surface area contributed by atoms with Crippen molar-refractivity contribution in [1.29, 1.82) is 0 Å². The fourth-order valence-electron chi connectivity index (χ4n) is 7.68. The van der Waals surface area contributed by atoms with Gasteiger partial charge in [0.1, 0.15) is 6.29 Å². The Hall–Kier alpha value is -1.96. The van der Waals surface area contributed by atoms with Crippen LogP contribution in [0, 0.1) is 22.7 Å². The SMILES string of the molecule is CC[C@]1(C)CC[C@H]2[C@@H]3CCC4=CC(=O)CCC4=C3[C@@H](c3ccc(C=O)cc3)C[C@@]21C. The van der Waals surface area contributed by atoms with Crippen LogP contribution in [0.5, 0.6) is 0 Å². The highest BCUT2D eigenvalue weighted by molar-refractivity contribution is 5.93. The lowest BCUT2D eigenvalue weighted by Gasteiger charge is -2.55. The molecule has 2 fully saturated rings. The zero-order valence-electron chi connectivity index (χ0n) is 18.7. The molecule has 5 rings (SSSR count). The minimum absolute atomic E-state index is 0.305. The Morgan fingerprint density at radius 1 is 1.07 bits per heavy atom. The first-order chi connectivity index (χ1) is 14.4. The Morgan fingerprint density at radius 3 is 2.53 bits per heavy atom. The Bertz CT molecular complexity index is 949. The predicted octanol–water partition coefficient (Wildman–Crippen LogP) is 6.81. The second kappa shape index (κ2) is 7.04. The van der Waals surface area contributed by atoms with Crippen LogP contribution in [-0.4, -0.2) is 12.1 Å². The molecule has 1 aromatic carbocycles. The van der Waals surface area contributed by atoms with Gasteiger partial charge in [-0.3, -0.25) is 9.59 Å². The standard InChI is InChI=1S/C28H34O2/c1-4-27(2)14-13-25-23-11-9-20-15-21(30)10-12-22(20)26(23)24(16-28(25,27)3)19-7-5-18(17-29)6-8-19/h5-8,15,17,23-25H,4,9-14,16H2,1-3H3/t23-,24+,25-,27+,28-/m0/s1. The molecule has 2 saturated carbocycles. The summed E-state index contributed by atoms with van der Waals surface area (Å²) < 4.78 is 0. The van der Waals surface area contributed by atoms with Crippen LogP contribution >= 0.6 is 0 Å². The minimum atomic E-state index is 0.305. The number of fused-ring (bicyclic) bond motifs is 4. The van der Waals surface area contributed by atoms with Crippen molar-refractivity contribution in [2.45, 2.75) is 78.1 Å². The fraction of sp³-hybridized carbons (Fsp3) is 0.571. The number of aldehydes is 1. The third-order valence-corrected chi connectivity index (χ3v) is 9.77. The van der Waals surface area contributed by atoms with Gasteiger partial charge in [-0.2, -0.15) is 0 Å².